The topological polar surface area (TPSA) is 80.0 Å². The highest BCUT2D eigenvalue weighted by atomic mass is 16.5. The number of nitrogens with one attached hydrogen (secondary N) is 2. The average Bonchev–Trinajstić information content (AvgIpc) is 2.64. The van der Waals surface area contributed by atoms with Crippen LogP contribution in [0.15, 0.2) is 4.52 Å². The van der Waals surface area contributed by atoms with Gasteiger partial charge in [0.1, 0.15) is 0 Å². The predicted molar refractivity (Wildman–Crippen MR) is 63.5 cm³/mol. The van der Waals surface area contributed by atoms with E-state index < -0.39 is 0 Å². The highest BCUT2D eigenvalue weighted by Gasteiger charge is 2.08. The Kier molecular flexibility index (Phi) is 5.62. The number of carbonyl (C=O) groups excluding carboxylic acids is 1. The SMILES string of the molecule is CCNC(C)CC(=O)NCCc1nc(C)no1. The molecule has 1 atom stereocenters. The van der Waals surface area contributed by atoms with Crippen LogP contribution >= 0.6 is 0 Å². The molecule has 2 N–H and O–H groups in total. The highest BCUT2D eigenvalue weighted by molar-refractivity contribution is 5.76. The molecule has 0 saturated carbocycles. The van der Waals surface area contributed by atoms with E-state index in [4.69, 9.17) is 4.52 Å². The molecule has 0 spiro atoms. The fourth-order valence-electron chi connectivity index (χ4n) is 1.52. The van der Waals surface area contributed by atoms with Crippen molar-refractivity contribution >= 4 is 5.91 Å². The molecule has 1 unspecified atom stereocenters. The Morgan fingerprint density at radius 2 is 2.29 bits per heavy atom. The summed E-state index contributed by atoms with van der Waals surface area (Å²) < 4.78 is 4.94. The third-order valence-corrected chi connectivity index (χ3v) is 2.27. The van der Waals surface area contributed by atoms with Crippen molar-refractivity contribution in [1.29, 1.82) is 0 Å². The first-order chi connectivity index (χ1) is 8.11. The fourth-order valence-corrected chi connectivity index (χ4v) is 1.52. The van der Waals surface area contributed by atoms with Crippen molar-refractivity contribution in [3.8, 4) is 0 Å². The van der Waals surface area contributed by atoms with E-state index in [1.807, 2.05) is 13.8 Å². The van der Waals surface area contributed by atoms with Crippen molar-refractivity contribution in [2.24, 2.45) is 0 Å². The number of nitrogens with zero attached hydrogens (tertiary/aromatic N) is 2. The maximum Gasteiger partial charge on any atom is 0.228 e. The second-order valence-corrected chi connectivity index (χ2v) is 4.00. The van der Waals surface area contributed by atoms with Gasteiger partial charge in [0.2, 0.25) is 11.8 Å². The molecule has 1 heterocycles. The van der Waals surface area contributed by atoms with Gasteiger partial charge in [-0.15, -0.1) is 0 Å². The van der Waals surface area contributed by atoms with E-state index in [1.165, 1.54) is 0 Å². The number of carbonyl (C=O) groups is 1. The van der Waals surface area contributed by atoms with Crippen molar-refractivity contribution in [3.63, 3.8) is 0 Å². The summed E-state index contributed by atoms with van der Waals surface area (Å²) >= 11 is 0. The van der Waals surface area contributed by atoms with E-state index in [0.717, 1.165) is 6.54 Å². The molecule has 1 aromatic heterocycles. The summed E-state index contributed by atoms with van der Waals surface area (Å²) in [5.74, 6) is 1.21. The Morgan fingerprint density at radius 1 is 1.53 bits per heavy atom. The maximum absolute atomic E-state index is 11.5. The quantitative estimate of drug-likeness (QED) is 0.722. The lowest BCUT2D eigenvalue weighted by Crippen LogP contribution is -2.34. The summed E-state index contributed by atoms with van der Waals surface area (Å²) in [7, 11) is 0. The van der Waals surface area contributed by atoms with Crippen molar-refractivity contribution in [3.05, 3.63) is 11.7 Å². The van der Waals surface area contributed by atoms with Gasteiger partial charge < -0.3 is 15.2 Å². The maximum atomic E-state index is 11.5. The second kappa shape index (κ2) is 7.01. The summed E-state index contributed by atoms with van der Waals surface area (Å²) in [4.78, 5) is 15.6. The molecule has 0 radical (unpaired) electrons. The molecule has 1 rings (SSSR count). The van der Waals surface area contributed by atoms with Crippen molar-refractivity contribution < 1.29 is 9.32 Å². The second-order valence-electron chi connectivity index (χ2n) is 4.00. The summed E-state index contributed by atoms with van der Waals surface area (Å²) in [6.07, 6.45) is 1.05. The first-order valence-electron chi connectivity index (χ1n) is 5.91. The largest absolute Gasteiger partial charge is 0.356 e. The van der Waals surface area contributed by atoms with Crippen LogP contribution in [0.4, 0.5) is 0 Å². The zero-order chi connectivity index (χ0) is 12.7. The minimum Gasteiger partial charge on any atom is -0.356 e. The van der Waals surface area contributed by atoms with Gasteiger partial charge in [-0.3, -0.25) is 4.79 Å². The van der Waals surface area contributed by atoms with Crippen LogP contribution in [-0.4, -0.2) is 35.2 Å². The number of rotatable bonds is 7. The lowest BCUT2D eigenvalue weighted by molar-refractivity contribution is -0.121. The first-order valence-corrected chi connectivity index (χ1v) is 5.91. The molecular formula is C11H20N4O2. The number of amides is 1. The van der Waals surface area contributed by atoms with Crippen LogP contribution in [0.25, 0.3) is 0 Å². The van der Waals surface area contributed by atoms with E-state index in [1.54, 1.807) is 6.92 Å². The highest BCUT2D eigenvalue weighted by Crippen LogP contribution is 1.96. The summed E-state index contributed by atoms with van der Waals surface area (Å²) in [6, 6.07) is 0.200. The zero-order valence-corrected chi connectivity index (χ0v) is 10.6. The Balaban J connectivity index is 2.16. The van der Waals surface area contributed by atoms with Gasteiger partial charge in [-0.2, -0.15) is 4.98 Å². The molecule has 0 bridgehead atoms. The minimum absolute atomic E-state index is 0.0367. The van der Waals surface area contributed by atoms with Gasteiger partial charge in [0.25, 0.3) is 0 Å². The summed E-state index contributed by atoms with van der Waals surface area (Å²) in [6.45, 7) is 7.18. The standard InChI is InChI=1S/C11H20N4O2/c1-4-12-8(2)7-10(16)13-6-5-11-14-9(3)15-17-11/h8,12H,4-7H2,1-3H3,(H,13,16). The molecular weight excluding hydrogens is 220 g/mol. The Hall–Kier alpha value is -1.43. The number of hydrogen-bond donors (Lipinski definition) is 2. The van der Waals surface area contributed by atoms with Gasteiger partial charge in [0.15, 0.2) is 5.82 Å². The van der Waals surface area contributed by atoms with E-state index in [0.29, 0.717) is 31.1 Å². The van der Waals surface area contributed by atoms with Gasteiger partial charge in [0, 0.05) is 25.4 Å². The summed E-state index contributed by atoms with van der Waals surface area (Å²) in [5, 5.41) is 9.69. The smallest absolute Gasteiger partial charge is 0.228 e. The van der Waals surface area contributed by atoms with E-state index in [9.17, 15) is 4.79 Å². The molecule has 1 aromatic rings. The van der Waals surface area contributed by atoms with E-state index in [-0.39, 0.29) is 11.9 Å². The van der Waals surface area contributed by atoms with Crippen LogP contribution in [0, 0.1) is 6.92 Å². The van der Waals surface area contributed by atoms with Crippen LogP contribution in [0.2, 0.25) is 0 Å². The zero-order valence-electron chi connectivity index (χ0n) is 10.6. The van der Waals surface area contributed by atoms with Crippen LogP contribution < -0.4 is 10.6 Å². The summed E-state index contributed by atoms with van der Waals surface area (Å²) in [5.41, 5.74) is 0. The molecule has 0 aromatic carbocycles. The van der Waals surface area contributed by atoms with Crippen molar-refractivity contribution in [2.75, 3.05) is 13.1 Å². The molecule has 0 fully saturated rings. The van der Waals surface area contributed by atoms with Gasteiger partial charge in [-0.25, -0.2) is 0 Å². The van der Waals surface area contributed by atoms with Crippen LogP contribution in [0.3, 0.4) is 0 Å². The van der Waals surface area contributed by atoms with Crippen LogP contribution in [0.5, 0.6) is 0 Å². The lowest BCUT2D eigenvalue weighted by atomic mass is 10.2. The Morgan fingerprint density at radius 3 is 2.88 bits per heavy atom. The monoisotopic (exact) mass is 240 g/mol. The Bertz CT molecular complexity index is 351. The van der Waals surface area contributed by atoms with E-state index in [2.05, 4.69) is 20.8 Å². The van der Waals surface area contributed by atoms with E-state index >= 15 is 0 Å². The van der Waals surface area contributed by atoms with Crippen LogP contribution in [-0.2, 0) is 11.2 Å². The van der Waals surface area contributed by atoms with Gasteiger partial charge in [-0.05, 0) is 20.4 Å². The molecule has 0 aliphatic heterocycles. The normalized spacial score (nSPS) is 12.4. The molecule has 0 aliphatic carbocycles. The molecule has 6 nitrogen and oxygen atoms in total. The number of aryl methyl sites for hydroxylation is 1. The fraction of sp³-hybridized carbons (Fsp3) is 0.727. The molecule has 6 heteroatoms. The molecule has 96 valence electrons. The predicted octanol–water partition coefficient (Wildman–Crippen LogP) is 0.425. The third kappa shape index (κ3) is 5.44. The average molecular weight is 240 g/mol. The molecule has 0 aliphatic rings. The van der Waals surface area contributed by atoms with Gasteiger partial charge in [-0.1, -0.05) is 12.1 Å². The van der Waals surface area contributed by atoms with Crippen molar-refractivity contribution in [2.45, 2.75) is 39.7 Å². The number of aromatic nitrogens is 2. The Labute approximate surface area is 101 Å². The first kappa shape index (κ1) is 13.6. The minimum atomic E-state index is 0.0367. The molecule has 17 heavy (non-hydrogen) atoms. The molecule has 1 amide bonds. The van der Waals surface area contributed by atoms with Crippen molar-refractivity contribution in [1.82, 2.24) is 20.8 Å². The van der Waals surface area contributed by atoms with Gasteiger partial charge >= 0.3 is 0 Å². The lowest BCUT2D eigenvalue weighted by Gasteiger charge is -2.11. The number of hydrogen-bond acceptors (Lipinski definition) is 5. The van der Waals surface area contributed by atoms with Gasteiger partial charge in [0.05, 0.1) is 0 Å². The molecule has 0 saturated heterocycles. The van der Waals surface area contributed by atoms with Crippen LogP contribution in [0.1, 0.15) is 32.0 Å². The third-order valence-electron chi connectivity index (χ3n) is 2.27.